The molecule has 1 heterocycles. The van der Waals surface area contributed by atoms with Crippen LogP contribution in [0.2, 0.25) is 0 Å². The van der Waals surface area contributed by atoms with Crippen LogP contribution in [0.1, 0.15) is 5.56 Å². The van der Waals surface area contributed by atoms with Gasteiger partial charge < -0.3 is 4.98 Å². The van der Waals surface area contributed by atoms with Gasteiger partial charge in [0.2, 0.25) is 0 Å². The van der Waals surface area contributed by atoms with Gasteiger partial charge in [0.05, 0.1) is 26.5 Å². The van der Waals surface area contributed by atoms with Gasteiger partial charge in [-0.05, 0) is 43.3 Å². The molecule has 1 aromatic heterocycles. The van der Waals surface area contributed by atoms with Gasteiger partial charge in [0.1, 0.15) is 5.69 Å². The van der Waals surface area contributed by atoms with Crippen LogP contribution in [-0.2, 0) is 10.0 Å². The number of non-ortho nitro benzene ring substituents is 1. The third-order valence-corrected chi connectivity index (χ3v) is 6.01. The number of sulfonamides is 1. The topological polar surface area (TPSA) is 135 Å². The molecule has 2 N–H and O–H groups in total. The smallest absolute Gasteiger partial charge is 0.275 e. The number of para-hydroxylation sites is 2. The fourth-order valence-electron chi connectivity index (χ4n) is 3.11. The van der Waals surface area contributed by atoms with Crippen LogP contribution in [-0.4, -0.2) is 23.3 Å². The van der Waals surface area contributed by atoms with Crippen molar-refractivity contribution in [3.63, 3.8) is 0 Å². The summed E-state index contributed by atoms with van der Waals surface area (Å²) < 4.78 is 28.2. The molecule has 4 rings (SSSR count). The van der Waals surface area contributed by atoms with Crippen LogP contribution < -0.4 is 10.3 Å². The molecule has 0 spiro atoms. The molecule has 10 heteroatoms. The Hall–Kier alpha value is -4.05. The van der Waals surface area contributed by atoms with Crippen molar-refractivity contribution in [3.8, 4) is 11.3 Å². The Morgan fingerprint density at radius 3 is 2.45 bits per heavy atom. The molecule has 0 atom stereocenters. The Morgan fingerprint density at radius 2 is 1.74 bits per heavy atom. The molecule has 0 saturated carbocycles. The molecule has 0 unspecified atom stereocenters. The lowest BCUT2D eigenvalue weighted by Gasteiger charge is -2.13. The third kappa shape index (κ3) is 4.01. The largest absolute Gasteiger partial charge is 0.319 e. The first-order chi connectivity index (χ1) is 14.7. The summed E-state index contributed by atoms with van der Waals surface area (Å²) in [5, 5.41) is 10.8. The van der Waals surface area contributed by atoms with Crippen molar-refractivity contribution in [3.05, 3.63) is 92.8 Å². The summed E-state index contributed by atoms with van der Waals surface area (Å²) in [6, 6.07) is 16.5. The minimum Gasteiger partial charge on any atom is -0.319 e. The summed E-state index contributed by atoms with van der Waals surface area (Å²) in [5.41, 5.74) is 1.81. The van der Waals surface area contributed by atoms with Crippen molar-refractivity contribution in [1.29, 1.82) is 0 Å². The van der Waals surface area contributed by atoms with Gasteiger partial charge in [-0.25, -0.2) is 13.4 Å². The Morgan fingerprint density at radius 1 is 1.03 bits per heavy atom. The summed E-state index contributed by atoms with van der Waals surface area (Å²) in [6.45, 7) is 1.81. The molecular weight excluding hydrogens is 420 g/mol. The lowest BCUT2D eigenvalue weighted by molar-refractivity contribution is -0.384. The molecular formula is C21H16N4O5S. The minimum absolute atomic E-state index is 0.0730. The van der Waals surface area contributed by atoms with E-state index in [1.165, 1.54) is 0 Å². The second-order valence-corrected chi connectivity index (χ2v) is 8.52. The van der Waals surface area contributed by atoms with Gasteiger partial charge in [-0.15, -0.1) is 0 Å². The molecule has 9 nitrogen and oxygen atoms in total. The molecule has 0 fully saturated rings. The van der Waals surface area contributed by atoms with Gasteiger partial charge in [0.25, 0.3) is 21.3 Å². The quantitative estimate of drug-likeness (QED) is 0.362. The van der Waals surface area contributed by atoms with E-state index in [0.29, 0.717) is 16.6 Å². The number of aryl methyl sites for hydroxylation is 1. The summed E-state index contributed by atoms with van der Waals surface area (Å²) >= 11 is 0. The number of aromatic amines is 1. The number of hydrogen-bond donors (Lipinski definition) is 2. The van der Waals surface area contributed by atoms with Gasteiger partial charge in [-0.2, -0.15) is 0 Å². The fraction of sp³-hybridized carbons (Fsp3) is 0.0476. The number of fused-ring (bicyclic) bond motifs is 1. The second-order valence-electron chi connectivity index (χ2n) is 6.84. The summed E-state index contributed by atoms with van der Waals surface area (Å²) in [4.78, 5) is 29.9. The molecule has 4 aromatic rings. The molecule has 3 aromatic carbocycles. The first-order valence-electron chi connectivity index (χ1n) is 9.12. The molecule has 0 saturated heterocycles. The van der Waals surface area contributed by atoms with Crippen LogP contribution in [0.3, 0.4) is 0 Å². The summed E-state index contributed by atoms with van der Waals surface area (Å²) in [6.07, 6.45) is 0. The van der Waals surface area contributed by atoms with E-state index < -0.39 is 20.5 Å². The highest BCUT2D eigenvalue weighted by atomic mass is 32.2. The number of nitro groups is 1. The van der Waals surface area contributed by atoms with E-state index in [1.54, 1.807) is 42.5 Å². The molecule has 0 amide bonds. The van der Waals surface area contributed by atoms with Crippen LogP contribution in [0, 0.1) is 17.0 Å². The Kier molecular flexibility index (Phi) is 4.99. The molecule has 0 radical (unpaired) electrons. The van der Waals surface area contributed by atoms with Crippen molar-refractivity contribution in [2.45, 2.75) is 11.8 Å². The van der Waals surface area contributed by atoms with E-state index in [0.717, 1.165) is 29.8 Å². The maximum Gasteiger partial charge on any atom is 0.275 e. The van der Waals surface area contributed by atoms with Crippen LogP contribution in [0.5, 0.6) is 0 Å². The van der Waals surface area contributed by atoms with Gasteiger partial charge >= 0.3 is 0 Å². The number of nitrogens with zero attached hydrogens (tertiary/aromatic N) is 2. The Bertz CT molecular complexity index is 1480. The van der Waals surface area contributed by atoms with Crippen LogP contribution in [0.4, 0.5) is 11.4 Å². The van der Waals surface area contributed by atoms with Crippen molar-refractivity contribution in [1.82, 2.24) is 9.97 Å². The maximum absolute atomic E-state index is 12.9. The normalized spacial score (nSPS) is 11.4. The van der Waals surface area contributed by atoms with Crippen molar-refractivity contribution in [2.24, 2.45) is 0 Å². The standard InChI is InChI=1S/C21H16N4O5S/c1-13-6-11-17(24-31(29,30)15-9-7-14(8-10-15)25(27)28)16(12-13)20-21(26)23-19-5-3-2-4-18(19)22-20/h2-12,24H,1H3,(H,23,26). The highest BCUT2D eigenvalue weighted by Gasteiger charge is 2.20. The van der Waals surface area contributed by atoms with Crippen molar-refractivity contribution in [2.75, 3.05) is 4.72 Å². The van der Waals surface area contributed by atoms with E-state index >= 15 is 0 Å². The SMILES string of the molecule is Cc1ccc(NS(=O)(=O)c2ccc([N+](=O)[O-])cc2)c(-c2nc3ccccc3[nH]c2=O)c1. The monoisotopic (exact) mass is 436 g/mol. The Labute approximate surface area is 176 Å². The molecule has 0 aliphatic rings. The average Bonchev–Trinajstić information content (AvgIpc) is 2.74. The number of benzene rings is 3. The zero-order chi connectivity index (χ0) is 22.2. The van der Waals surface area contributed by atoms with Crippen molar-refractivity contribution < 1.29 is 13.3 Å². The first-order valence-corrected chi connectivity index (χ1v) is 10.6. The van der Waals surface area contributed by atoms with Gasteiger partial charge in [0, 0.05) is 17.7 Å². The highest BCUT2D eigenvalue weighted by molar-refractivity contribution is 7.92. The number of nitrogens with one attached hydrogen (secondary N) is 2. The molecule has 0 aliphatic carbocycles. The lowest BCUT2D eigenvalue weighted by Crippen LogP contribution is -2.16. The number of hydrogen-bond acceptors (Lipinski definition) is 6. The van der Waals surface area contributed by atoms with Crippen LogP contribution >= 0.6 is 0 Å². The van der Waals surface area contributed by atoms with Gasteiger partial charge in [0.15, 0.2) is 0 Å². The third-order valence-electron chi connectivity index (χ3n) is 4.63. The van der Waals surface area contributed by atoms with Crippen LogP contribution in [0.15, 0.2) is 76.4 Å². The zero-order valence-electron chi connectivity index (χ0n) is 16.2. The highest BCUT2D eigenvalue weighted by Crippen LogP contribution is 2.29. The first kappa shape index (κ1) is 20.2. The molecule has 0 bridgehead atoms. The Balaban J connectivity index is 1.80. The number of H-pyrrole nitrogens is 1. The van der Waals surface area contributed by atoms with Crippen molar-refractivity contribution >= 4 is 32.4 Å². The molecule has 0 aliphatic heterocycles. The number of anilines is 1. The summed E-state index contributed by atoms with van der Waals surface area (Å²) in [5.74, 6) is 0. The predicted molar refractivity (Wildman–Crippen MR) is 116 cm³/mol. The number of nitro benzene ring substituents is 1. The van der Waals surface area contributed by atoms with Gasteiger partial charge in [-0.3, -0.25) is 19.6 Å². The number of aromatic nitrogens is 2. The zero-order valence-corrected chi connectivity index (χ0v) is 17.0. The molecule has 31 heavy (non-hydrogen) atoms. The fourth-order valence-corrected chi connectivity index (χ4v) is 4.19. The molecule has 156 valence electrons. The average molecular weight is 436 g/mol. The second kappa shape index (κ2) is 7.65. The lowest BCUT2D eigenvalue weighted by atomic mass is 10.1. The summed E-state index contributed by atoms with van der Waals surface area (Å²) in [7, 11) is -4.07. The van der Waals surface area contributed by atoms with Gasteiger partial charge in [-0.1, -0.05) is 23.8 Å². The minimum atomic E-state index is -4.07. The van der Waals surface area contributed by atoms with E-state index in [1.807, 2.05) is 6.92 Å². The van der Waals surface area contributed by atoms with E-state index in [-0.39, 0.29) is 22.0 Å². The van der Waals surface area contributed by atoms with Crippen LogP contribution in [0.25, 0.3) is 22.3 Å². The number of rotatable bonds is 5. The van der Waals surface area contributed by atoms with E-state index in [9.17, 15) is 23.3 Å². The predicted octanol–water partition coefficient (Wildman–Crippen LogP) is 3.61. The van der Waals surface area contributed by atoms with E-state index in [4.69, 9.17) is 0 Å². The van der Waals surface area contributed by atoms with E-state index in [2.05, 4.69) is 14.7 Å². The maximum atomic E-state index is 12.9.